The van der Waals surface area contributed by atoms with Crippen LogP contribution in [0.1, 0.15) is 19.4 Å². The highest BCUT2D eigenvalue weighted by Gasteiger charge is 2.36. The molecule has 1 fully saturated rings. The summed E-state index contributed by atoms with van der Waals surface area (Å²) in [4.78, 5) is 0. The van der Waals surface area contributed by atoms with Gasteiger partial charge in [-0.3, -0.25) is 5.10 Å². The van der Waals surface area contributed by atoms with Gasteiger partial charge in [-0.05, 0) is 18.9 Å². The Balaban J connectivity index is 2.28. The lowest BCUT2D eigenvalue weighted by molar-refractivity contribution is 0.459. The van der Waals surface area contributed by atoms with Crippen molar-refractivity contribution < 1.29 is 8.42 Å². The molecule has 102 valence electrons. The number of nitrogens with one attached hydrogen (secondary N) is 2. The summed E-state index contributed by atoms with van der Waals surface area (Å²) in [7, 11) is -1.66. The fourth-order valence-corrected chi connectivity index (χ4v) is 3.99. The Morgan fingerprint density at radius 2 is 2.06 bits per heavy atom. The van der Waals surface area contributed by atoms with Gasteiger partial charge in [0.1, 0.15) is 0 Å². The van der Waals surface area contributed by atoms with Crippen LogP contribution < -0.4 is 5.32 Å². The molecule has 6 nitrogen and oxygen atoms in total. The Morgan fingerprint density at radius 3 is 2.61 bits per heavy atom. The van der Waals surface area contributed by atoms with Crippen LogP contribution >= 0.6 is 0 Å². The van der Waals surface area contributed by atoms with Crippen molar-refractivity contribution in [1.82, 2.24) is 19.8 Å². The first-order valence-corrected chi connectivity index (χ1v) is 7.57. The Morgan fingerprint density at radius 1 is 1.44 bits per heavy atom. The zero-order valence-electron chi connectivity index (χ0n) is 11.0. The number of hydrogen-bond donors (Lipinski definition) is 2. The lowest BCUT2D eigenvalue weighted by Gasteiger charge is -2.15. The number of nitrogens with zero attached hydrogens (tertiary/aromatic N) is 2. The largest absolute Gasteiger partial charge is 0.316 e. The zero-order chi connectivity index (χ0) is 13.3. The SMILES string of the molecule is CNCc1cn[nH]c1S(=O)(=O)N1CC(C)C(C)C1. The molecule has 0 saturated carbocycles. The van der Waals surface area contributed by atoms with Crippen molar-refractivity contribution in [3.05, 3.63) is 11.8 Å². The first kappa shape index (κ1) is 13.5. The quantitative estimate of drug-likeness (QED) is 0.832. The van der Waals surface area contributed by atoms with Crippen molar-refractivity contribution in [3.63, 3.8) is 0 Å². The van der Waals surface area contributed by atoms with Crippen LogP contribution in [0.3, 0.4) is 0 Å². The van der Waals surface area contributed by atoms with Crippen LogP contribution in [0.4, 0.5) is 0 Å². The summed E-state index contributed by atoms with van der Waals surface area (Å²) in [5.74, 6) is 0.797. The number of H-pyrrole nitrogens is 1. The lowest BCUT2D eigenvalue weighted by Crippen LogP contribution is -2.30. The summed E-state index contributed by atoms with van der Waals surface area (Å²) in [6.45, 7) is 5.83. The molecule has 1 aliphatic heterocycles. The molecule has 1 saturated heterocycles. The Labute approximate surface area is 108 Å². The number of aromatic nitrogens is 2. The van der Waals surface area contributed by atoms with Crippen LogP contribution in [0, 0.1) is 11.8 Å². The molecule has 1 aromatic rings. The summed E-state index contributed by atoms with van der Waals surface area (Å²) >= 11 is 0. The third-order valence-corrected chi connectivity index (χ3v) is 5.45. The fourth-order valence-electron chi connectivity index (χ4n) is 2.24. The number of aromatic amines is 1. The van der Waals surface area contributed by atoms with Gasteiger partial charge in [0.2, 0.25) is 0 Å². The smallest absolute Gasteiger partial charge is 0.260 e. The van der Waals surface area contributed by atoms with Crippen molar-refractivity contribution >= 4 is 10.0 Å². The van der Waals surface area contributed by atoms with Crippen molar-refractivity contribution in [3.8, 4) is 0 Å². The second-order valence-corrected chi connectivity index (χ2v) is 6.91. The third kappa shape index (κ3) is 2.30. The fraction of sp³-hybridized carbons (Fsp3) is 0.727. The van der Waals surface area contributed by atoms with Gasteiger partial charge in [-0.25, -0.2) is 8.42 Å². The van der Waals surface area contributed by atoms with Crippen molar-refractivity contribution in [1.29, 1.82) is 0 Å². The molecule has 2 N–H and O–H groups in total. The number of sulfonamides is 1. The standard InChI is InChI=1S/C11H20N4O2S/c1-8-6-15(7-9(8)2)18(16,17)11-10(4-12-3)5-13-14-11/h5,8-9,12H,4,6-7H2,1-3H3,(H,13,14). The van der Waals surface area contributed by atoms with E-state index >= 15 is 0 Å². The Hall–Kier alpha value is -0.920. The highest BCUT2D eigenvalue weighted by Crippen LogP contribution is 2.28. The number of hydrogen-bond acceptors (Lipinski definition) is 4. The minimum atomic E-state index is -3.44. The third-order valence-electron chi connectivity index (χ3n) is 3.60. The van der Waals surface area contributed by atoms with Crippen LogP contribution in [0.25, 0.3) is 0 Å². The van der Waals surface area contributed by atoms with Gasteiger partial charge >= 0.3 is 0 Å². The molecule has 0 aromatic carbocycles. The molecule has 0 spiro atoms. The predicted octanol–water partition coefficient (Wildman–Crippen LogP) is 0.406. The molecule has 1 aromatic heterocycles. The van der Waals surface area contributed by atoms with Gasteiger partial charge in [-0.2, -0.15) is 9.40 Å². The van der Waals surface area contributed by atoms with E-state index < -0.39 is 10.0 Å². The van der Waals surface area contributed by atoms with E-state index in [1.54, 1.807) is 17.5 Å². The van der Waals surface area contributed by atoms with E-state index in [2.05, 4.69) is 29.4 Å². The van der Waals surface area contributed by atoms with E-state index in [1.165, 1.54) is 0 Å². The van der Waals surface area contributed by atoms with Crippen LogP contribution in [0.2, 0.25) is 0 Å². The summed E-state index contributed by atoms with van der Waals surface area (Å²) in [5, 5.41) is 9.63. The second-order valence-electron chi connectivity index (χ2n) is 5.03. The average molecular weight is 272 g/mol. The Kier molecular flexibility index (Phi) is 3.74. The normalized spacial score (nSPS) is 25.7. The Bertz CT molecular complexity index is 501. The van der Waals surface area contributed by atoms with Crippen LogP contribution in [-0.4, -0.2) is 43.1 Å². The van der Waals surface area contributed by atoms with E-state index in [0.29, 0.717) is 37.0 Å². The molecule has 2 atom stereocenters. The molecule has 2 unspecified atom stereocenters. The molecule has 0 radical (unpaired) electrons. The van der Waals surface area contributed by atoms with E-state index in [9.17, 15) is 8.42 Å². The predicted molar refractivity (Wildman–Crippen MR) is 68.4 cm³/mol. The van der Waals surface area contributed by atoms with Gasteiger partial charge in [0.15, 0.2) is 5.03 Å². The monoisotopic (exact) mass is 272 g/mol. The number of rotatable bonds is 4. The molecule has 0 amide bonds. The van der Waals surface area contributed by atoms with Gasteiger partial charge < -0.3 is 5.32 Å². The molecule has 2 heterocycles. The highest BCUT2D eigenvalue weighted by atomic mass is 32.2. The van der Waals surface area contributed by atoms with Crippen LogP contribution in [0.5, 0.6) is 0 Å². The molecular formula is C11H20N4O2S. The summed E-state index contributed by atoms with van der Waals surface area (Å²) in [6, 6.07) is 0. The maximum atomic E-state index is 12.5. The van der Waals surface area contributed by atoms with Crippen molar-refractivity contribution in [2.75, 3.05) is 20.1 Å². The molecule has 1 aliphatic rings. The first-order valence-electron chi connectivity index (χ1n) is 6.13. The van der Waals surface area contributed by atoms with E-state index in [4.69, 9.17) is 0 Å². The lowest BCUT2D eigenvalue weighted by atomic mass is 10.0. The van der Waals surface area contributed by atoms with Crippen LogP contribution in [0.15, 0.2) is 11.2 Å². The topological polar surface area (TPSA) is 78.1 Å². The van der Waals surface area contributed by atoms with Gasteiger partial charge in [0, 0.05) is 25.2 Å². The molecular weight excluding hydrogens is 252 g/mol. The van der Waals surface area contributed by atoms with Gasteiger partial charge in [0.25, 0.3) is 10.0 Å². The van der Waals surface area contributed by atoms with Gasteiger partial charge in [-0.1, -0.05) is 13.8 Å². The molecule has 18 heavy (non-hydrogen) atoms. The highest BCUT2D eigenvalue weighted by molar-refractivity contribution is 7.89. The summed E-state index contributed by atoms with van der Waals surface area (Å²) < 4.78 is 26.6. The van der Waals surface area contributed by atoms with E-state index in [1.807, 2.05) is 0 Å². The summed E-state index contributed by atoms with van der Waals surface area (Å²) in [6.07, 6.45) is 1.56. The molecule has 7 heteroatoms. The minimum Gasteiger partial charge on any atom is -0.316 e. The first-order chi connectivity index (χ1) is 8.46. The maximum Gasteiger partial charge on any atom is 0.260 e. The second kappa shape index (κ2) is 4.99. The molecule has 0 aliphatic carbocycles. The average Bonchev–Trinajstić information content (AvgIpc) is 2.88. The van der Waals surface area contributed by atoms with Crippen LogP contribution in [-0.2, 0) is 16.6 Å². The van der Waals surface area contributed by atoms with Gasteiger partial charge in [-0.15, -0.1) is 0 Å². The zero-order valence-corrected chi connectivity index (χ0v) is 11.8. The minimum absolute atomic E-state index is 0.221. The van der Waals surface area contributed by atoms with E-state index in [-0.39, 0.29) is 5.03 Å². The summed E-state index contributed by atoms with van der Waals surface area (Å²) in [5.41, 5.74) is 0.685. The maximum absolute atomic E-state index is 12.5. The molecule has 2 rings (SSSR count). The molecule has 0 bridgehead atoms. The van der Waals surface area contributed by atoms with Crippen molar-refractivity contribution in [2.24, 2.45) is 11.8 Å². The van der Waals surface area contributed by atoms with Gasteiger partial charge in [0.05, 0.1) is 6.20 Å². The van der Waals surface area contributed by atoms with E-state index in [0.717, 1.165) is 0 Å². The van der Waals surface area contributed by atoms with Crippen molar-refractivity contribution in [2.45, 2.75) is 25.4 Å².